The van der Waals surface area contributed by atoms with Gasteiger partial charge in [-0.15, -0.1) is 0 Å². The Morgan fingerprint density at radius 2 is 1.87 bits per heavy atom. The maximum Gasteiger partial charge on any atom is 0.308 e. The lowest BCUT2D eigenvalue weighted by Crippen LogP contribution is -2.47. The first kappa shape index (κ1) is 16.0. The number of piperidine rings is 1. The zero-order chi connectivity index (χ0) is 16.6. The van der Waals surface area contributed by atoms with Crippen LogP contribution in [0.2, 0.25) is 0 Å². The predicted octanol–water partition coefficient (Wildman–Crippen LogP) is 2.35. The largest absolute Gasteiger partial charge is 0.423 e. The molecule has 1 saturated heterocycles. The number of rotatable bonds is 2. The maximum atomic E-state index is 11.5. The van der Waals surface area contributed by atoms with Crippen LogP contribution in [0.5, 0.6) is 11.5 Å². The van der Waals surface area contributed by atoms with E-state index in [0.717, 1.165) is 24.9 Å². The van der Waals surface area contributed by atoms with Gasteiger partial charge in [0, 0.05) is 25.5 Å². The van der Waals surface area contributed by atoms with Crippen LogP contribution in [0.3, 0.4) is 0 Å². The molecule has 0 amide bonds. The summed E-state index contributed by atoms with van der Waals surface area (Å²) in [5.74, 6) is 0.521. The molecular weight excluding hydrogens is 294 g/mol. The summed E-state index contributed by atoms with van der Waals surface area (Å²) in [5, 5.41) is 0. The predicted molar refractivity (Wildman–Crippen MR) is 85.6 cm³/mol. The number of likely N-dealkylation sites (tertiary alicyclic amines) is 1. The molecule has 0 unspecified atom stereocenters. The molecule has 1 aliphatic carbocycles. The van der Waals surface area contributed by atoms with Crippen LogP contribution >= 0.6 is 0 Å². The van der Waals surface area contributed by atoms with Crippen LogP contribution in [0.15, 0.2) is 12.1 Å². The Balaban J connectivity index is 2.00. The van der Waals surface area contributed by atoms with E-state index in [1.807, 2.05) is 6.07 Å². The molecule has 2 atom stereocenters. The van der Waals surface area contributed by atoms with E-state index in [9.17, 15) is 9.59 Å². The molecule has 5 heteroatoms. The molecule has 5 nitrogen and oxygen atoms in total. The highest BCUT2D eigenvalue weighted by Gasteiger charge is 2.36. The van der Waals surface area contributed by atoms with Crippen LogP contribution in [0.25, 0.3) is 0 Å². The first-order valence-corrected chi connectivity index (χ1v) is 8.17. The number of likely N-dealkylation sites (N-methyl/N-ethyl adjacent to an activating group) is 1. The number of esters is 2. The number of hydrogen-bond donors (Lipinski definition) is 0. The Morgan fingerprint density at radius 3 is 2.57 bits per heavy atom. The average molecular weight is 317 g/mol. The third-order valence-electron chi connectivity index (χ3n) is 4.91. The van der Waals surface area contributed by atoms with Crippen molar-refractivity contribution in [2.75, 3.05) is 13.6 Å². The van der Waals surface area contributed by atoms with Crippen LogP contribution in [-0.2, 0) is 22.4 Å². The van der Waals surface area contributed by atoms with E-state index in [1.54, 1.807) is 6.07 Å². The lowest BCUT2D eigenvalue weighted by atomic mass is 9.75. The minimum Gasteiger partial charge on any atom is -0.423 e. The molecule has 0 aromatic heterocycles. The quantitative estimate of drug-likeness (QED) is 0.619. The van der Waals surface area contributed by atoms with Gasteiger partial charge in [-0.1, -0.05) is 6.07 Å². The van der Waals surface area contributed by atoms with Crippen molar-refractivity contribution in [3.8, 4) is 11.5 Å². The van der Waals surface area contributed by atoms with E-state index in [0.29, 0.717) is 23.5 Å². The molecule has 0 bridgehead atoms. The molecule has 1 aliphatic heterocycles. The average Bonchev–Trinajstić information content (AvgIpc) is 2.48. The van der Waals surface area contributed by atoms with Gasteiger partial charge in [0.15, 0.2) is 11.5 Å². The molecule has 1 aromatic carbocycles. The van der Waals surface area contributed by atoms with Crippen LogP contribution in [0, 0.1) is 5.92 Å². The number of benzene rings is 1. The fourth-order valence-electron chi connectivity index (χ4n) is 3.92. The molecule has 1 aromatic rings. The Morgan fingerprint density at radius 1 is 1.13 bits per heavy atom. The smallest absolute Gasteiger partial charge is 0.308 e. The van der Waals surface area contributed by atoms with Crippen molar-refractivity contribution < 1.29 is 19.1 Å². The van der Waals surface area contributed by atoms with Gasteiger partial charge in [0.05, 0.1) is 0 Å². The van der Waals surface area contributed by atoms with E-state index < -0.39 is 11.9 Å². The second-order valence-corrected chi connectivity index (χ2v) is 6.58. The highest BCUT2D eigenvalue weighted by atomic mass is 16.6. The van der Waals surface area contributed by atoms with Crippen molar-refractivity contribution >= 4 is 11.9 Å². The van der Waals surface area contributed by atoms with Crippen molar-refractivity contribution in [3.05, 3.63) is 23.3 Å². The van der Waals surface area contributed by atoms with E-state index >= 15 is 0 Å². The molecular formula is C18H23NO4. The van der Waals surface area contributed by atoms with Gasteiger partial charge in [-0.2, -0.15) is 0 Å². The number of nitrogens with zero attached hydrogens (tertiary/aromatic N) is 1. The SMILES string of the molecule is CC(=O)Oc1ccc2c(c1OC(C)=O)C[C@@H]1CCCN(C)[C@H]1C2. The summed E-state index contributed by atoms with van der Waals surface area (Å²) >= 11 is 0. The van der Waals surface area contributed by atoms with E-state index in [2.05, 4.69) is 11.9 Å². The molecule has 0 N–H and O–H groups in total. The molecule has 0 spiro atoms. The minimum absolute atomic E-state index is 0.342. The number of hydrogen-bond acceptors (Lipinski definition) is 5. The normalized spacial score (nSPS) is 23.6. The minimum atomic E-state index is -0.413. The Labute approximate surface area is 136 Å². The summed E-state index contributed by atoms with van der Waals surface area (Å²) in [6.45, 7) is 3.86. The van der Waals surface area contributed by atoms with Gasteiger partial charge < -0.3 is 14.4 Å². The summed E-state index contributed by atoms with van der Waals surface area (Å²) < 4.78 is 10.7. The zero-order valence-electron chi connectivity index (χ0n) is 13.9. The summed E-state index contributed by atoms with van der Waals surface area (Å²) in [5.41, 5.74) is 2.21. The van der Waals surface area contributed by atoms with Crippen molar-refractivity contribution in [1.29, 1.82) is 0 Å². The van der Waals surface area contributed by atoms with E-state index in [4.69, 9.17) is 9.47 Å². The van der Waals surface area contributed by atoms with Gasteiger partial charge in [0.25, 0.3) is 0 Å². The molecule has 0 radical (unpaired) electrons. The van der Waals surface area contributed by atoms with Gasteiger partial charge >= 0.3 is 11.9 Å². The van der Waals surface area contributed by atoms with Gasteiger partial charge in [-0.25, -0.2) is 0 Å². The molecule has 0 saturated carbocycles. The first-order valence-electron chi connectivity index (χ1n) is 8.17. The topological polar surface area (TPSA) is 55.8 Å². The highest BCUT2D eigenvalue weighted by Crippen LogP contribution is 2.42. The van der Waals surface area contributed by atoms with Crippen LogP contribution in [-0.4, -0.2) is 36.5 Å². The number of carbonyl (C=O) groups excluding carboxylic acids is 2. The van der Waals surface area contributed by atoms with Crippen molar-refractivity contribution in [2.24, 2.45) is 5.92 Å². The van der Waals surface area contributed by atoms with Gasteiger partial charge in [0.1, 0.15) is 0 Å². The second kappa shape index (κ2) is 6.32. The fraction of sp³-hybridized carbons (Fsp3) is 0.556. The molecule has 3 rings (SSSR count). The van der Waals surface area contributed by atoms with Crippen molar-refractivity contribution in [2.45, 2.75) is 45.6 Å². The maximum absolute atomic E-state index is 11.5. The summed E-state index contributed by atoms with van der Waals surface area (Å²) in [7, 11) is 2.18. The van der Waals surface area contributed by atoms with Crippen molar-refractivity contribution in [3.63, 3.8) is 0 Å². The van der Waals surface area contributed by atoms with Crippen LogP contribution in [0.1, 0.15) is 37.8 Å². The summed E-state index contributed by atoms with van der Waals surface area (Å²) in [6.07, 6.45) is 4.19. The molecule has 1 fully saturated rings. The lowest BCUT2D eigenvalue weighted by Gasteiger charge is -2.43. The number of ether oxygens (including phenoxy) is 2. The Bertz CT molecular complexity index is 640. The van der Waals surface area contributed by atoms with Crippen LogP contribution in [0.4, 0.5) is 0 Å². The van der Waals surface area contributed by atoms with Crippen LogP contribution < -0.4 is 9.47 Å². The lowest BCUT2D eigenvalue weighted by molar-refractivity contribution is -0.134. The highest BCUT2D eigenvalue weighted by molar-refractivity contribution is 5.75. The second-order valence-electron chi connectivity index (χ2n) is 6.58. The summed E-state index contributed by atoms with van der Waals surface area (Å²) in [6, 6.07) is 4.28. The first-order chi connectivity index (χ1) is 11.0. The third kappa shape index (κ3) is 3.24. The Hall–Kier alpha value is -1.88. The van der Waals surface area contributed by atoms with E-state index in [-0.39, 0.29) is 0 Å². The van der Waals surface area contributed by atoms with Gasteiger partial charge in [0.2, 0.25) is 0 Å². The van der Waals surface area contributed by atoms with E-state index in [1.165, 1.54) is 32.3 Å². The number of fused-ring (bicyclic) bond motifs is 2. The van der Waals surface area contributed by atoms with Crippen molar-refractivity contribution in [1.82, 2.24) is 4.90 Å². The molecule has 1 heterocycles. The molecule has 124 valence electrons. The molecule has 23 heavy (non-hydrogen) atoms. The zero-order valence-corrected chi connectivity index (χ0v) is 13.9. The summed E-state index contributed by atoms with van der Waals surface area (Å²) in [4.78, 5) is 25.3. The van der Waals surface area contributed by atoms with Gasteiger partial charge in [-0.3, -0.25) is 9.59 Å². The number of carbonyl (C=O) groups is 2. The fourth-order valence-corrected chi connectivity index (χ4v) is 3.92. The van der Waals surface area contributed by atoms with Gasteiger partial charge in [-0.05, 0) is 56.8 Å². The monoisotopic (exact) mass is 317 g/mol. The third-order valence-corrected chi connectivity index (χ3v) is 4.91. The molecule has 2 aliphatic rings. The standard InChI is InChI=1S/C18H23NO4/c1-11(20)22-17-7-6-13-10-16-14(5-4-8-19(16)3)9-15(13)18(17)23-12(2)21/h6-7,14,16H,4-5,8-10H2,1-3H3/t14-,16-/m0/s1. The Kier molecular flexibility index (Phi) is 4.39.